The quantitative estimate of drug-likeness (QED) is 0.831. The average molecular weight is 221 g/mol. The van der Waals surface area contributed by atoms with Gasteiger partial charge in [0.15, 0.2) is 0 Å². The Kier molecular flexibility index (Phi) is 4.87. The van der Waals surface area contributed by atoms with Crippen molar-refractivity contribution in [2.45, 2.75) is 47.1 Å². The fraction of sp³-hybridized carbons (Fsp3) is 0.692. The summed E-state index contributed by atoms with van der Waals surface area (Å²) in [5.41, 5.74) is 2.28. The van der Waals surface area contributed by atoms with Gasteiger partial charge in [0.1, 0.15) is 5.82 Å². The standard InChI is InChI=1S/C13H23N3/c1-9(2)6-7-14-10(3)13-8-15-12(5)16-11(13)4/h8-10,14H,6-7H2,1-5H3. The molecule has 0 fully saturated rings. The van der Waals surface area contributed by atoms with Gasteiger partial charge in [-0.1, -0.05) is 13.8 Å². The van der Waals surface area contributed by atoms with Crippen LogP contribution in [-0.4, -0.2) is 16.5 Å². The van der Waals surface area contributed by atoms with Crippen molar-refractivity contribution >= 4 is 0 Å². The first-order valence-electron chi connectivity index (χ1n) is 6.04. The summed E-state index contributed by atoms with van der Waals surface area (Å²) < 4.78 is 0. The van der Waals surface area contributed by atoms with Gasteiger partial charge in [0.25, 0.3) is 0 Å². The van der Waals surface area contributed by atoms with Crippen LogP contribution >= 0.6 is 0 Å². The SMILES string of the molecule is Cc1ncc(C(C)NCCC(C)C)c(C)n1. The zero-order chi connectivity index (χ0) is 12.1. The molecule has 1 N–H and O–H groups in total. The van der Waals surface area contributed by atoms with Crippen LogP contribution in [0.3, 0.4) is 0 Å². The zero-order valence-corrected chi connectivity index (χ0v) is 11.0. The van der Waals surface area contributed by atoms with Gasteiger partial charge in [-0.3, -0.25) is 0 Å². The summed E-state index contributed by atoms with van der Waals surface area (Å²) in [7, 11) is 0. The molecule has 0 radical (unpaired) electrons. The van der Waals surface area contributed by atoms with E-state index in [9.17, 15) is 0 Å². The maximum Gasteiger partial charge on any atom is 0.125 e. The Balaban J connectivity index is 2.55. The number of aromatic nitrogens is 2. The van der Waals surface area contributed by atoms with Gasteiger partial charge < -0.3 is 5.32 Å². The van der Waals surface area contributed by atoms with E-state index < -0.39 is 0 Å². The van der Waals surface area contributed by atoms with Crippen molar-refractivity contribution in [3.8, 4) is 0 Å². The van der Waals surface area contributed by atoms with Crippen LogP contribution in [0.1, 0.15) is 50.3 Å². The summed E-state index contributed by atoms with van der Waals surface area (Å²) in [6.07, 6.45) is 3.14. The normalized spacial score (nSPS) is 13.1. The second-order valence-corrected chi connectivity index (χ2v) is 4.82. The Morgan fingerprint density at radius 1 is 1.25 bits per heavy atom. The van der Waals surface area contributed by atoms with Gasteiger partial charge in [-0.05, 0) is 39.7 Å². The number of nitrogens with zero attached hydrogens (tertiary/aromatic N) is 2. The highest BCUT2D eigenvalue weighted by atomic mass is 14.9. The van der Waals surface area contributed by atoms with E-state index in [1.54, 1.807) is 0 Å². The molecule has 0 saturated carbocycles. The molecule has 3 heteroatoms. The first kappa shape index (κ1) is 13.1. The molecule has 1 rings (SSSR count). The van der Waals surface area contributed by atoms with Crippen LogP contribution in [-0.2, 0) is 0 Å². The van der Waals surface area contributed by atoms with Gasteiger partial charge in [-0.2, -0.15) is 0 Å². The van der Waals surface area contributed by atoms with E-state index in [0.717, 1.165) is 24.0 Å². The maximum atomic E-state index is 4.39. The highest BCUT2D eigenvalue weighted by Gasteiger charge is 2.09. The molecule has 0 amide bonds. The number of hydrogen-bond donors (Lipinski definition) is 1. The molecule has 16 heavy (non-hydrogen) atoms. The van der Waals surface area contributed by atoms with Crippen molar-refractivity contribution in [3.05, 3.63) is 23.3 Å². The fourth-order valence-electron chi connectivity index (χ4n) is 1.72. The minimum Gasteiger partial charge on any atom is -0.310 e. The molecule has 0 saturated heterocycles. The van der Waals surface area contributed by atoms with Crippen LogP contribution in [0.15, 0.2) is 6.20 Å². The lowest BCUT2D eigenvalue weighted by atomic mass is 10.1. The molecule has 0 aromatic carbocycles. The second-order valence-electron chi connectivity index (χ2n) is 4.82. The van der Waals surface area contributed by atoms with Crippen LogP contribution in [0, 0.1) is 19.8 Å². The largest absolute Gasteiger partial charge is 0.310 e. The first-order valence-corrected chi connectivity index (χ1v) is 6.04. The molecule has 1 atom stereocenters. The summed E-state index contributed by atoms with van der Waals surface area (Å²) in [6.45, 7) is 11.7. The molecule has 1 aromatic heterocycles. The summed E-state index contributed by atoms with van der Waals surface area (Å²) >= 11 is 0. The van der Waals surface area contributed by atoms with Gasteiger partial charge in [-0.25, -0.2) is 9.97 Å². The molecule has 0 bridgehead atoms. The van der Waals surface area contributed by atoms with E-state index in [1.807, 2.05) is 20.0 Å². The van der Waals surface area contributed by atoms with Gasteiger partial charge >= 0.3 is 0 Å². The molecule has 0 aliphatic carbocycles. The van der Waals surface area contributed by atoms with Gasteiger partial charge in [0.2, 0.25) is 0 Å². The Bertz CT molecular complexity index is 334. The third-order valence-electron chi connectivity index (χ3n) is 2.78. The van der Waals surface area contributed by atoms with Crippen LogP contribution in [0.5, 0.6) is 0 Å². The van der Waals surface area contributed by atoms with Crippen LogP contribution < -0.4 is 5.32 Å². The van der Waals surface area contributed by atoms with E-state index in [1.165, 1.54) is 12.0 Å². The van der Waals surface area contributed by atoms with E-state index >= 15 is 0 Å². The zero-order valence-electron chi connectivity index (χ0n) is 11.0. The highest BCUT2D eigenvalue weighted by Crippen LogP contribution is 2.14. The number of nitrogens with one attached hydrogen (secondary N) is 1. The van der Waals surface area contributed by atoms with Gasteiger partial charge in [0, 0.05) is 23.5 Å². The Hall–Kier alpha value is -0.960. The topological polar surface area (TPSA) is 37.8 Å². The molecule has 0 aliphatic heterocycles. The molecule has 1 aromatic rings. The second kappa shape index (κ2) is 5.94. The molecule has 1 unspecified atom stereocenters. The molecule has 0 aliphatic rings. The predicted molar refractivity (Wildman–Crippen MR) is 67.4 cm³/mol. The van der Waals surface area contributed by atoms with E-state index in [4.69, 9.17) is 0 Å². The minimum absolute atomic E-state index is 0.333. The Morgan fingerprint density at radius 3 is 2.50 bits per heavy atom. The van der Waals surface area contributed by atoms with Crippen molar-refractivity contribution < 1.29 is 0 Å². The lowest BCUT2D eigenvalue weighted by Gasteiger charge is -2.16. The van der Waals surface area contributed by atoms with Crippen molar-refractivity contribution in [1.29, 1.82) is 0 Å². The van der Waals surface area contributed by atoms with Crippen molar-refractivity contribution in [2.75, 3.05) is 6.54 Å². The number of hydrogen-bond acceptors (Lipinski definition) is 3. The fourth-order valence-corrected chi connectivity index (χ4v) is 1.72. The molecule has 0 spiro atoms. The van der Waals surface area contributed by atoms with Crippen molar-refractivity contribution in [3.63, 3.8) is 0 Å². The molecule has 90 valence electrons. The average Bonchev–Trinajstić information content (AvgIpc) is 2.16. The third kappa shape index (κ3) is 3.89. The summed E-state index contributed by atoms with van der Waals surface area (Å²) in [5.74, 6) is 1.59. The predicted octanol–water partition coefficient (Wildman–Crippen LogP) is 2.79. The van der Waals surface area contributed by atoms with Crippen LogP contribution in [0.2, 0.25) is 0 Å². The third-order valence-corrected chi connectivity index (χ3v) is 2.78. The molecular weight excluding hydrogens is 198 g/mol. The van der Waals surface area contributed by atoms with Crippen molar-refractivity contribution in [1.82, 2.24) is 15.3 Å². The highest BCUT2D eigenvalue weighted by molar-refractivity contribution is 5.19. The number of aryl methyl sites for hydroxylation is 2. The Labute approximate surface area is 98.7 Å². The van der Waals surface area contributed by atoms with E-state index in [-0.39, 0.29) is 0 Å². The molecule has 3 nitrogen and oxygen atoms in total. The van der Waals surface area contributed by atoms with Crippen LogP contribution in [0.25, 0.3) is 0 Å². The summed E-state index contributed by atoms with van der Waals surface area (Å²) in [6, 6.07) is 0.333. The summed E-state index contributed by atoms with van der Waals surface area (Å²) in [4.78, 5) is 8.64. The lowest BCUT2D eigenvalue weighted by Crippen LogP contribution is -2.22. The van der Waals surface area contributed by atoms with Crippen molar-refractivity contribution in [2.24, 2.45) is 5.92 Å². The monoisotopic (exact) mass is 221 g/mol. The molecule has 1 heterocycles. The van der Waals surface area contributed by atoms with Gasteiger partial charge in [0.05, 0.1) is 0 Å². The smallest absolute Gasteiger partial charge is 0.125 e. The van der Waals surface area contributed by atoms with Crippen LogP contribution in [0.4, 0.5) is 0 Å². The van der Waals surface area contributed by atoms with Gasteiger partial charge in [-0.15, -0.1) is 0 Å². The Morgan fingerprint density at radius 2 is 1.94 bits per heavy atom. The summed E-state index contributed by atoms with van der Waals surface area (Å²) in [5, 5.41) is 3.51. The first-order chi connectivity index (χ1) is 7.50. The lowest BCUT2D eigenvalue weighted by molar-refractivity contribution is 0.494. The maximum absolute atomic E-state index is 4.39. The molecular formula is C13H23N3. The van der Waals surface area contributed by atoms with E-state index in [2.05, 4.69) is 36.1 Å². The minimum atomic E-state index is 0.333. The number of rotatable bonds is 5. The van der Waals surface area contributed by atoms with E-state index in [0.29, 0.717) is 6.04 Å².